The summed E-state index contributed by atoms with van der Waals surface area (Å²) in [5.74, 6) is -0.837. The van der Waals surface area contributed by atoms with Crippen molar-refractivity contribution >= 4 is 33.8 Å². The highest BCUT2D eigenvalue weighted by Crippen LogP contribution is 2.28. The molecule has 0 bridgehead atoms. The molecule has 1 amide bonds. The molecule has 0 spiro atoms. The van der Waals surface area contributed by atoms with Crippen molar-refractivity contribution in [2.45, 2.75) is 0 Å². The van der Waals surface area contributed by atoms with Gasteiger partial charge in [-0.25, -0.2) is 0 Å². The topological polar surface area (TPSA) is 68.5 Å². The second-order valence-electron chi connectivity index (χ2n) is 4.57. The molecule has 5 heteroatoms. The van der Waals surface area contributed by atoms with E-state index in [1.807, 2.05) is 30.3 Å². The van der Waals surface area contributed by atoms with E-state index >= 15 is 0 Å². The van der Waals surface area contributed by atoms with E-state index in [4.69, 9.17) is 4.42 Å². The zero-order chi connectivity index (χ0) is 14.8. The van der Waals surface area contributed by atoms with Gasteiger partial charge in [0.15, 0.2) is 0 Å². The minimum Gasteiger partial charge on any atom is -0.468 e. The minimum atomic E-state index is -0.492. The van der Waals surface area contributed by atoms with E-state index in [-0.39, 0.29) is 12.5 Å². The molecule has 1 N–H and O–H groups in total. The number of hydrogen-bond donors (Lipinski definition) is 1. The first-order chi connectivity index (χ1) is 10.2. The Morgan fingerprint density at radius 1 is 1.10 bits per heavy atom. The molecule has 1 heterocycles. The number of carbonyl (C=O) groups excluding carboxylic acids is 2. The predicted octanol–water partition coefficient (Wildman–Crippen LogP) is 2.49. The lowest BCUT2D eigenvalue weighted by atomic mass is 10.1. The lowest BCUT2D eigenvalue weighted by Gasteiger charge is -2.03. The van der Waals surface area contributed by atoms with Gasteiger partial charge in [0, 0.05) is 16.3 Å². The zero-order valence-electron chi connectivity index (χ0n) is 11.4. The van der Waals surface area contributed by atoms with E-state index < -0.39 is 5.97 Å². The summed E-state index contributed by atoms with van der Waals surface area (Å²) in [6, 6.07) is 12.9. The average Bonchev–Trinajstić information content (AvgIpc) is 2.89. The van der Waals surface area contributed by atoms with E-state index in [9.17, 15) is 9.59 Å². The quantitative estimate of drug-likeness (QED) is 0.750. The van der Waals surface area contributed by atoms with Crippen LogP contribution in [-0.4, -0.2) is 25.5 Å². The van der Waals surface area contributed by atoms with Crippen molar-refractivity contribution < 1.29 is 18.7 Å². The first-order valence-electron chi connectivity index (χ1n) is 6.45. The molecule has 0 fully saturated rings. The number of fused-ring (bicyclic) bond motifs is 3. The van der Waals surface area contributed by atoms with E-state index in [0.717, 1.165) is 16.4 Å². The van der Waals surface area contributed by atoms with Crippen LogP contribution < -0.4 is 5.32 Å². The highest BCUT2D eigenvalue weighted by Gasteiger charge is 2.12. The fraction of sp³-hybridized carbons (Fsp3) is 0.125. The molecule has 0 aliphatic rings. The van der Waals surface area contributed by atoms with E-state index in [1.54, 1.807) is 12.1 Å². The standard InChI is InChI=1S/C16H13NO4/c1-20-15(18)9-17-16(19)10-6-7-12-11-4-2-3-5-13(11)21-14(12)8-10/h2-8H,9H2,1H3,(H,17,19). The van der Waals surface area contributed by atoms with Crippen LogP contribution >= 0.6 is 0 Å². The Morgan fingerprint density at radius 3 is 2.67 bits per heavy atom. The van der Waals surface area contributed by atoms with Crippen molar-refractivity contribution in [3.05, 3.63) is 48.0 Å². The molecular formula is C16H13NO4. The third kappa shape index (κ3) is 2.45. The normalized spacial score (nSPS) is 10.7. The van der Waals surface area contributed by atoms with Gasteiger partial charge in [-0.05, 0) is 24.3 Å². The molecule has 0 radical (unpaired) electrons. The number of benzene rings is 2. The van der Waals surface area contributed by atoms with Gasteiger partial charge in [0.05, 0.1) is 7.11 Å². The van der Waals surface area contributed by atoms with Crippen LogP contribution in [0.25, 0.3) is 21.9 Å². The summed E-state index contributed by atoms with van der Waals surface area (Å²) in [5.41, 5.74) is 1.85. The largest absolute Gasteiger partial charge is 0.468 e. The van der Waals surface area contributed by atoms with Crippen molar-refractivity contribution in [2.75, 3.05) is 13.7 Å². The number of esters is 1. The molecule has 0 aliphatic heterocycles. The van der Waals surface area contributed by atoms with Crippen molar-refractivity contribution in [2.24, 2.45) is 0 Å². The van der Waals surface area contributed by atoms with Gasteiger partial charge in [-0.3, -0.25) is 9.59 Å². The maximum absolute atomic E-state index is 12.0. The molecule has 1 aromatic heterocycles. The zero-order valence-corrected chi connectivity index (χ0v) is 11.4. The third-order valence-electron chi connectivity index (χ3n) is 3.26. The van der Waals surface area contributed by atoms with Crippen LogP contribution in [0.1, 0.15) is 10.4 Å². The summed E-state index contributed by atoms with van der Waals surface area (Å²) in [4.78, 5) is 23.0. The van der Waals surface area contributed by atoms with Crippen molar-refractivity contribution in [1.82, 2.24) is 5.32 Å². The lowest BCUT2D eigenvalue weighted by Crippen LogP contribution is -2.30. The van der Waals surface area contributed by atoms with Crippen LogP contribution in [0.2, 0.25) is 0 Å². The van der Waals surface area contributed by atoms with Gasteiger partial charge in [0.1, 0.15) is 17.7 Å². The number of hydrogen-bond acceptors (Lipinski definition) is 4. The van der Waals surface area contributed by atoms with Gasteiger partial charge in [0.2, 0.25) is 0 Å². The molecular weight excluding hydrogens is 270 g/mol. The molecule has 0 unspecified atom stereocenters. The van der Waals surface area contributed by atoms with Gasteiger partial charge < -0.3 is 14.5 Å². The number of amides is 1. The molecule has 0 aliphatic carbocycles. The number of para-hydroxylation sites is 1. The number of carbonyl (C=O) groups is 2. The van der Waals surface area contributed by atoms with Gasteiger partial charge in [-0.1, -0.05) is 18.2 Å². The molecule has 0 atom stereocenters. The summed E-state index contributed by atoms with van der Waals surface area (Å²) >= 11 is 0. The number of ether oxygens (including phenoxy) is 1. The first kappa shape index (κ1) is 13.2. The third-order valence-corrected chi connectivity index (χ3v) is 3.26. The van der Waals surface area contributed by atoms with E-state index in [2.05, 4.69) is 10.1 Å². The highest BCUT2D eigenvalue weighted by atomic mass is 16.5. The Bertz CT molecular complexity index is 835. The fourth-order valence-electron chi connectivity index (χ4n) is 2.19. The van der Waals surface area contributed by atoms with Crippen LogP contribution in [0, 0.1) is 0 Å². The molecule has 3 aromatic rings. The summed E-state index contributed by atoms with van der Waals surface area (Å²) in [5, 5.41) is 4.46. The summed E-state index contributed by atoms with van der Waals surface area (Å²) < 4.78 is 10.2. The second-order valence-corrected chi connectivity index (χ2v) is 4.57. The Kier molecular flexibility index (Phi) is 3.31. The van der Waals surface area contributed by atoms with Crippen LogP contribution in [0.3, 0.4) is 0 Å². The Morgan fingerprint density at radius 2 is 1.86 bits per heavy atom. The van der Waals surface area contributed by atoms with Crippen molar-refractivity contribution in [3.63, 3.8) is 0 Å². The molecule has 2 aromatic carbocycles. The highest BCUT2D eigenvalue weighted by molar-refractivity contribution is 6.07. The smallest absolute Gasteiger partial charge is 0.325 e. The monoisotopic (exact) mass is 283 g/mol. The number of methoxy groups -OCH3 is 1. The number of rotatable bonds is 3. The number of furan rings is 1. The summed E-state index contributed by atoms with van der Waals surface area (Å²) in [6.07, 6.45) is 0. The Balaban J connectivity index is 1.92. The van der Waals surface area contributed by atoms with Gasteiger partial charge in [-0.15, -0.1) is 0 Å². The van der Waals surface area contributed by atoms with Crippen LogP contribution in [0.15, 0.2) is 46.9 Å². The van der Waals surface area contributed by atoms with E-state index in [0.29, 0.717) is 11.1 Å². The Labute approximate surface area is 120 Å². The summed E-state index contributed by atoms with van der Waals surface area (Å²) in [7, 11) is 1.27. The molecule has 0 saturated carbocycles. The maximum atomic E-state index is 12.0. The molecule has 5 nitrogen and oxygen atoms in total. The van der Waals surface area contributed by atoms with Gasteiger partial charge in [0.25, 0.3) is 5.91 Å². The van der Waals surface area contributed by atoms with E-state index in [1.165, 1.54) is 7.11 Å². The maximum Gasteiger partial charge on any atom is 0.325 e. The van der Waals surface area contributed by atoms with Crippen LogP contribution in [0.4, 0.5) is 0 Å². The minimum absolute atomic E-state index is 0.159. The molecule has 21 heavy (non-hydrogen) atoms. The second kappa shape index (κ2) is 5.28. The van der Waals surface area contributed by atoms with Gasteiger partial charge >= 0.3 is 5.97 Å². The molecule has 3 rings (SSSR count). The Hall–Kier alpha value is -2.82. The van der Waals surface area contributed by atoms with Crippen LogP contribution in [-0.2, 0) is 9.53 Å². The average molecular weight is 283 g/mol. The predicted molar refractivity (Wildman–Crippen MR) is 78.1 cm³/mol. The SMILES string of the molecule is COC(=O)CNC(=O)c1ccc2c(c1)oc1ccccc12. The molecule has 106 valence electrons. The summed E-state index contributed by atoms with van der Waals surface area (Å²) in [6.45, 7) is -0.159. The van der Waals surface area contributed by atoms with Crippen molar-refractivity contribution in [3.8, 4) is 0 Å². The number of nitrogens with one attached hydrogen (secondary N) is 1. The van der Waals surface area contributed by atoms with Crippen molar-refractivity contribution in [1.29, 1.82) is 0 Å². The van der Waals surface area contributed by atoms with Crippen LogP contribution in [0.5, 0.6) is 0 Å². The fourth-order valence-corrected chi connectivity index (χ4v) is 2.19. The lowest BCUT2D eigenvalue weighted by molar-refractivity contribution is -0.139. The first-order valence-corrected chi connectivity index (χ1v) is 6.45. The van der Waals surface area contributed by atoms with Gasteiger partial charge in [-0.2, -0.15) is 0 Å². The molecule has 0 saturated heterocycles.